The summed E-state index contributed by atoms with van der Waals surface area (Å²) in [6.45, 7) is 9.49. The lowest BCUT2D eigenvalue weighted by Crippen LogP contribution is -2.62. The largest absolute Gasteiger partial charge is 0.443 e. The van der Waals surface area contributed by atoms with E-state index in [1.54, 1.807) is 48.5 Å². The number of carbonyl (C=O) groups is 2. The fraction of sp³-hybridized carbons (Fsp3) is 0.625. The van der Waals surface area contributed by atoms with Crippen molar-refractivity contribution in [1.82, 2.24) is 4.90 Å². The highest BCUT2D eigenvalue weighted by Crippen LogP contribution is 2.39. The Morgan fingerprint density at radius 3 is 2.03 bits per heavy atom. The molecule has 0 bridgehead atoms. The number of ether oxygens (including phenoxy) is 2. The highest BCUT2D eigenvalue weighted by Gasteiger charge is 2.57. The lowest BCUT2D eigenvalue weighted by Gasteiger charge is -2.41. The van der Waals surface area contributed by atoms with Crippen LogP contribution < -0.4 is 0 Å². The van der Waals surface area contributed by atoms with Gasteiger partial charge in [-0.15, -0.1) is 0 Å². The van der Waals surface area contributed by atoms with Crippen LogP contribution in [0.4, 0.5) is 18.4 Å². The molecule has 0 fully saturated rings. The van der Waals surface area contributed by atoms with Crippen molar-refractivity contribution in [2.45, 2.75) is 83.3 Å². The number of halogens is 2. The summed E-state index contributed by atoms with van der Waals surface area (Å²) in [7, 11) is -4.39. The van der Waals surface area contributed by atoms with Gasteiger partial charge in [0.2, 0.25) is 0 Å². The van der Waals surface area contributed by atoms with Crippen LogP contribution in [0.3, 0.4) is 0 Å². The number of amides is 2. The maximum absolute atomic E-state index is 14.8. The van der Waals surface area contributed by atoms with Crippen LogP contribution in [0.25, 0.3) is 0 Å². The molecule has 11 heteroatoms. The number of carbonyl (C=O) groups excluding carboxylic acids is 2. The third-order valence-electron chi connectivity index (χ3n) is 5.16. The van der Waals surface area contributed by atoms with Crippen LogP contribution in [0.1, 0.15) is 72.9 Å². The number of benzene rings is 1. The Kier molecular flexibility index (Phi) is 8.36. The highest BCUT2D eigenvalue weighted by atomic mass is 32.2. The van der Waals surface area contributed by atoms with E-state index in [0.717, 1.165) is 6.07 Å². The van der Waals surface area contributed by atoms with Crippen molar-refractivity contribution in [2.24, 2.45) is 4.99 Å². The van der Waals surface area contributed by atoms with E-state index in [1.807, 2.05) is 0 Å². The van der Waals surface area contributed by atoms with E-state index in [1.165, 1.54) is 18.2 Å². The van der Waals surface area contributed by atoms with E-state index >= 15 is 0 Å². The highest BCUT2D eigenvalue weighted by molar-refractivity contribution is 7.93. The van der Waals surface area contributed by atoms with Gasteiger partial charge in [-0.1, -0.05) is 31.5 Å². The van der Waals surface area contributed by atoms with Gasteiger partial charge in [0.1, 0.15) is 29.5 Å². The zero-order valence-corrected chi connectivity index (χ0v) is 22.0. The Hall–Kier alpha value is -2.56. The Bertz CT molecular complexity index is 1060. The van der Waals surface area contributed by atoms with Crippen LogP contribution in [0.5, 0.6) is 0 Å². The van der Waals surface area contributed by atoms with Crippen LogP contribution in [0, 0.1) is 5.82 Å². The lowest BCUT2D eigenvalue weighted by atomic mass is 10.00. The van der Waals surface area contributed by atoms with E-state index in [0.29, 0.717) is 4.90 Å². The number of aliphatic imine (C=N–C) groups is 1. The summed E-state index contributed by atoms with van der Waals surface area (Å²) in [5.74, 6) is -2.09. The van der Waals surface area contributed by atoms with Crippen molar-refractivity contribution in [3.05, 3.63) is 35.6 Å². The van der Waals surface area contributed by atoms with E-state index < -0.39 is 68.1 Å². The Morgan fingerprint density at radius 1 is 1.09 bits per heavy atom. The monoisotopic (exact) mass is 516 g/mol. The van der Waals surface area contributed by atoms with Crippen LogP contribution >= 0.6 is 0 Å². The third kappa shape index (κ3) is 6.36. The number of hydrogen-bond donors (Lipinski definition) is 0. The quantitative estimate of drug-likeness (QED) is 0.533. The van der Waals surface area contributed by atoms with Crippen molar-refractivity contribution in [2.75, 3.05) is 12.4 Å². The smallest absolute Gasteiger partial charge is 0.425 e. The SMILES string of the molecule is CCC[C@@]1(CF)C(N(C(=O)OC(C)(C)C)C(=O)OC(C)(C)C)=NC(c2ccccc2F)CS1(=O)=O. The fourth-order valence-corrected chi connectivity index (χ4v) is 5.81. The molecule has 1 heterocycles. The predicted octanol–water partition coefficient (Wildman–Crippen LogP) is 5.37. The van der Waals surface area contributed by atoms with E-state index in [9.17, 15) is 26.8 Å². The lowest BCUT2D eigenvalue weighted by molar-refractivity contribution is 0.0137. The molecule has 0 aliphatic carbocycles. The third-order valence-corrected chi connectivity index (χ3v) is 7.60. The first-order chi connectivity index (χ1) is 16.0. The fourth-order valence-electron chi connectivity index (χ4n) is 3.72. The number of rotatable bonds is 4. The zero-order chi connectivity index (χ0) is 26.8. The first kappa shape index (κ1) is 28.7. The molecule has 0 spiro atoms. The second-order valence-electron chi connectivity index (χ2n) is 10.4. The molecule has 196 valence electrons. The number of alkyl halides is 1. The minimum atomic E-state index is -4.39. The average Bonchev–Trinajstić information content (AvgIpc) is 2.67. The van der Waals surface area contributed by atoms with Gasteiger partial charge in [-0.05, 0) is 54.0 Å². The van der Waals surface area contributed by atoms with Gasteiger partial charge in [0.25, 0.3) is 0 Å². The number of hydrogen-bond acceptors (Lipinski definition) is 7. The van der Waals surface area contributed by atoms with Gasteiger partial charge in [0.05, 0.1) is 11.8 Å². The number of imide groups is 1. The minimum absolute atomic E-state index is 0.0640. The molecule has 1 aliphatic heterocycles. The molecule has 1 unspecified atom stereocenters. The average molecular weight is 517 g/mol. The maximum Gasteiger partial charge on any atom is 0.425 e. The molecule has 1 aliphatic rings. The Balaban J connectivity index is 2.86. The standard InChI is InChI=1S/C24H34F2N2O6S/c1-8-13-24(15-25)19(27-18(14-35(24,31)32)16-11-9-10-12-17(16)26)28(20(29)33-22(2,3)4)21(30)34-23(5,6)7/h9-12,18H,8,13-15H2,1-7H3/t18?,24-/m1/s1. The molecule has 2 rings (SSSR count). The van der Waals surface area contributed by atoms with Crippen LogP contribution in [0.2, 0.25) is 0 Å². The molecular formula is C24H34F2N2O6S. The van der Waals surface area contributed by atoms with Gasteiger partial charge in [-0.3, -0.25) is 4.99 Å². The summed E-state index contributed by atoms with van der Waals surface area (Å²) in [4.78, 5) is 31.2. The summed E-state index contributed by atoms with van der Waals surface area (Å²) in [6.07, 6.45) is -2.62. The van der Waals surface area contributed by atoms with Gasteiger partial charge in [0.15, 0.2) is 14.6 Å². The predicted molar refractivity (Wildman–Crippen MR) is 128 cm³/mol. The van der Waals surface area contributed by atoms with E-state index in [-0.39, 0.29) is 18.4 Å². The minimum Gasteiger partial charge on any atom is -0.443 e. The van der Waals surface area contributed by atoms with Crippen LogP contribution in [-0.4, -0.2) is 59.7 Å². The van der Waals surface area contributed by atoms with Crippen LogP contribution in [-0.2, 0) is 19.3 Å². The molecule has 0 radical (unpaired) electrons. The first-order valence-electron chi connectivity index (χ1n) is 11.3. The molecule has 0 saturated heterocycles. The van der Waals surface area contributed by atoms with Gasteiger partial charge in [-0.25, -0.2) is 26.8 Å². The number of amidine groups is 1. The second-order valence-corrected chi connectivity index (χ2v) is 12.8. The molecule has 2 amide bonds. The van der Waals surface area contributed by atoms with Crippen molar-refractivity contribution >= 4 is 27.9 Å². The van der Waals surface area contributed by atoms with Gasteiger partial charge in [-0.2, -0.15) is 4.90 Å². The molecular weight excluding hydrogens is 482 g/mol. The molecule has 35 heavy (non-hydrogen) atoms. The Labute approximate surface area is 205 Å². The summed E-state index contributed by atoms with van der Waals surface area (Å²) in [6, 6.07) is 4.10. The molecule has 1 aromatic carbocycles. The molecule has 0 N–H and O–H groups in total. The summed E-state index contributed by atoms with van der Waals surface area (Å²) in [5, 5.41) is 0. The van der Waals surface area contributed by atoms with Gasteiger partial charge < -0.3 is 9.47 Å². The Morgan fingerprint density at radius 2 is 1.60 bits per heavy atom. The van der Waals surface area contributed by atoms with Gasteiger partial charge in [0, 0.05) is 5.56 Å². The maximum atomic E-state index is 14.8. The number of sulfone groups is 1. The summed E-state index contributed by atoms with van der Waals surface area (Å²) in [5.41, 5.74) is -2.23. The van der Waals surface area contributed by atoms with E-state index in [2.05, 4.69) is 4.99 Å². The van der Waals surface area contributed by atoms with Crippen molar-refractivity contribution < 1.29 is 36.3 Å². The molecule has 2 atom stereocenters. The second kappa shape index (κ2) is 10.2. The molecule has 0 saturated carbocycles. The first-order valence-corrected chi connectivity index (χ1v) is 13.0. The van der Waals surface area contributed by atoms with E-state index in [4.69, 9.17) is 9.47 Å². The topological polar surface area (TPSA) is 102 Å². The van der Waals surface area contributed by atoms with Crippen molar-refractivity contribution in [3.63, 3.8) is 0 Å². The number of nitrogens with zero attached hydrogens (tertiary/aromatic N) is 2. The molecule has 0 aromatic heterocycles. The summed E-state index contributed by atoms with van der Waals surface area (Å²) >= 11 is 0. The van der Waals surface area contributed by atoms with Crippen LogP contribution in [0.15, 0.2) is 29.3 Å². The zero-order valence-electron chi connectivity index (χ0n) is 21.2. The molecule has 8 nitrogen and oxygen atoms in total. The molecule has 1 aromatic rings. The normalized spacial score (nSPS) is 22.2. The van der Waals surface area contributed by atoms with Crippen molar-refractivity contribution in [1.29, 1.82) is 0 Å². The van der Waals surface area contributed by atoms with Gasteiger partial charge >= 0.3 is 12.2 Å². The van der Waals surface area contributed by atoms with Crippen molar-refractivity contribution in [3.8, 4) is 0 Å². The summed E-state index contributed by atoms with van der Waals surface area (Å²) < 4.78 is 64.9.